The zero-order valence-electron chi connectivity index (χ0n) is 19.3. The Balaban J connectivity index is 1.26. The van der Waals surface area contributed by atoms with E-state index in [9.17, 15) is 18.0 Å². The maximum absolute atomic E-state index is 13.0. The normalized spacial score (nSPS) is 15.3. The Kier molecular flexibility index (Phi) is 6.85. The van der Waals surface area contributed by atoms with Crippen LogP contribution in [-0.2, 0) is 17.5 Å². The molecule has 5 rings (SSSR count). The average Bonchev–Trinajstić information content (AvgIpc) is 3.22. The van der Waals surface area contributed by atoms with E-state index < -0.39 is 11.7 Å². The Bertz CT molecular complexity index is 1380. The lowest BCUT2D eigenvalue weighted by Crippen LogP contribution is -2.38. The van der Waals surface area contributed by atoms with Gasteiger partial charge in [0.1, 0.15) is 5.82 Å². The van der Waals surface area contributed by atoms with Crippen LogP contribution in [0.3, 0.4) is 0 Å². The summed E-state index contributed by atoms with van der Waals surface area (Å²) in [6, 6.07) is 20.9. The van der Waals surface area contributed by atoms with Crippen LogP contribution in [0.2, 0.25) is 0 Å². The second kappa shape index (κ2) is 10.1. The summed E-state index contributed by atoms with van der Waals surface area (Å²) in [5, 5.41) is 2.66. The number of carbonyl (C=O) groups excluding carboxylic acids is 1. The molecule has 0 atom stereocenters. The number of halogens is 4. The molecule has 9 heteroatoms. The van der Waals surface area contributed by atoms with Gasteiger partial charge in [-0.25, -0.2) is 4.98 Å². The zero-order valence-corrected chi connectivity index (χ0v) is 20.9. The summed E-state index contributed by atoms with van der Waals surface area (Å²) < 4.78 is 42.1. The number of aromatic nitrogens is 2. The second-order valence-corrected chi connectivity index (χ2v) is 9.86. The van der Waals surface area contributed by atoms with E-state index in [1.54, 1.807) is 0 Å². The highest BCUT2D eigenvalue weighted by Crippen LogP contribution is 2.31. The molecule has 0 bridgehead atoms. The highest BCUT2D eigenvalue weighted by Gasteiger charge is 2.31. The molecular formula is C27H24BrF3N4O. The van der Waals surface area contributed by atoms with Gasteiger partial charge >= 0.3 is 6.18 Å². The predicted octanol–water partition coefficient (Wildman–Crippen LogP) is 6.66. The quantitative estimate of drug-likeness (QED) is 0.299. The Morgan fingerprint density at radius 2 is 1.72 bits per heavy atom. The Morgan fingerprint density at radius 1 is 1.00 bits per heavy atom. The van der Waals surface area contributed by atoms with Crippen molar-refractivity contribution in [1.29, 1.82) is 0 Å². The number of nitrogens with zero attached hydrogens (tertiary/aromatic N) is 3. The van der Waals surface area contributed by atoms with Gasteiger partial charge in [-0.3, -0.25) is 14.3 Å². The third kappa shape index (κ3) is 5.32. The molecule has 1 amide bonds. The molecular weight excluding hydrogens is 533 g/mol. The minimum absolute atomic E-state index is 0.167. The molecule has 0 spiro atoms. The number of amides is 1. The molecule has 2 heterocycles. The average molecular weight is 557 g/mol. The Hall–Kier alpha value is -3.17. The van der Waals surface area contributed by atoms with Gasteiger partial charge in [0.15, 0.2) is 0 Å². The number of benzene rings is 3. The van der Waals surface area contributed by atoms with Gasteiger partial charge in [0, 0.05) is 21.8 Å². The first-order chi connectivity index (χ1) is 17.3. The van der Waals surface area contributed by atoms with Gasteiger partial charge in [0.05, 0.1) is 23.1 Å². The van der Waals surface area contributed by atoms with Crippen LogP contribution in [0.4, 0.5) is 18.9 Å². The maximum Gasteiger partial charge on any atom is 0.416 e. The van der Waals surface area contributed by atoms with Crippen molar-refractivity contribution >= 4 is 38.6 Å². The minimum Gasteiger partial charge on any atom is -0.326 e. The van der Waals surface area contributed by atoms with Crippen molar-refractivity contribution in [3.63, 3.8) is 0 Å². The lowest BCUT2D eigenvalue weighted by molar-refractivity contribution is -0.137. The fourth-order valence-corrected chi connectivity index (χ4v) is 4.90. The van der Waals surface area contributed by atoms with E-state index >= 15 is 0 Å². The van der Waals surface area contributed by atoms with Crippen LogP contribution < -0.4 is 5.32 Å². The number of hydrogen-bond acceptors (Lipinski definition) is 3. The molecule has 36 heavy (non-hydrogen) atoms. The minimum atomic E-state index is -4.45. The third-order valence-electron chi connectivity index (χ3n) is 6.50. The number of hydrogen-bond donors (Lipinski definition) is 1. The molecule has 0 unspecified atom stereocenters. The summed E-state index contributed by atoms with van der Waals surface area (Å²) in [6.07, 6.45) is -3.19. The monoisotopic (exact) mass is 556 g/mol. The number of fused-ring (bicyclic) bond motifs is 1. The lowest BCUT2D eigenvalue weighted by atomic mass is 9.95. The second-order valence-electron chi connectivity index (χ2n) is 8.95. The Labute approximate surface area is 215 Å². The van der Waals surface area contributed by atoms with Crippen LogP contribution in [0, 0.1) is 5.92 Å². The molecule has 1 saturated heterocycles. The summed E-state index contributed by atoms with van der Waals surface area (Å²) >= 11 is 3.49. The van der Waals surface area contributed by atoms with Gasteiger partial charge in [0.2, 0.25) is 5.91 Å². The van der Waals surface area contributed by atoms with E-state index in [1.807, 2.05) is 42.5 Å². The number of likely N-dealkylation sites (tertiary alicyclic amines) is 1. The van der Waals surface area contributed by atoms with Crippen LogP contribution in [0.1, 0.15) is 24.2 Å². The van der Waals surface area contributed by atoms with Crippen LogP contribution in [0.25, 0.3) is 16.7 Å². The molecule has 5 nitrogen and oxygen atoms in total. The molecule has 186 valence electrons. The number of rotatable bonds is 5. The highest BCUT2D eigenvalue weighted by atomic mass is 79.9. The van der Waals surface area contributed by atoms with Gasteiger partial charge in [-0.15, -0.1) is 0 Å². The van der Waals surface area contributed by atoms with E-state index in [1.165, 1.54) is 12.1 Å². The molecule has 0 saturated carbocycles. The van der Waals surface area contributed by atoms with Crippen molar-refractivity contribution in [2.75, 3.05) is 18.4 Å². The zero-order chi connectivity index (χ0) is 25.3. The van der Waals surface area contributed by atoms with Gasteiger partial charge in [-0.05, 0) is 80.5 Å². The van der Waals surface area contributed by atoms with Crippen molar-refractivity contribution in [2.24, 2.45) is 5.92 Å². The molecule has 0 radical (unpaired) electrons. The first kappa shape index (κ1) is 24.5. The summed E-state index contributed by atoms with van der Waals surface area (Å²) in [7, 11) is 0. The number of carbonyl (C=O) groups is 1. The number of alkyl halides is 3. The topological polar surface area (TPSA) is 50.2 Å². The van der Waals surface area contributed by atoms with Gasteiger partial charge < -0.3 is 5.32 Å². The molecule has 1 aromatic heterocycles. The number of imidazole rings is 1. The highest BCUT2D eigenvalue weighted by molar-refractivity contribution is 9.10. The summed E-state index contributed by atoms with van der Waals surface area (Å²) in [4.78, 5) is 19.9. The molecule has 0 aliphatic carbocycles. The first-order valence-electron chi connectivity index (χ1n) is 11.7. The SMILES string of the molecule is O=C(Nc1cccc(C(F)(F)F)c1)C1CCN(Cc2nc3ccccc3n2-c2ccc(Br)cc2)CC1. The fraction of sp³-hybridized carbons (Fsp3) is 0.259. The molecule has 1 aliphatic heterocycles. The summed E-state index contributed by atoms with van der Waals surface area (Å²) in [5.41, 5.74) is 2.37. The third-order valence-corrected chi connectivity index (χ3v) is 7.02. The predicted molar refractivity (Wildman–Crippen MR) is 137 cm³/mol. The van der Waals surface area contributed by atoms with Crippen molar-refractivity contribution in [3.05, 3.63) is 88.7 Å². The standard InChI is InChI=1S/C27H24BrF3N4O/c28-20-8-10-22(11-9-20)35-24-7-2-1-6-23(24)33-25(35)17-34-14-12-18(13-15-34)26(36)32-21-5-3-4-19(16-21)27(29,30)31/h1-11,16,18H,12-15,17H2,(H,32,36). The van der Waals surface area contributed by atoms with Crippen LogP contribution in [0.5, 0.6) is 0 Å². The number of para-hydroxylation sites is 2. The number of nitrogens with one attached hydrogen (secondary N) is 1. The van der Waals surface area contributed by atoms with E-state index in [0.29, 0.717) is 32.5 Å². The smallest absolute Gasteiger partial charge is 0.326 e. The van der Waals surface area contributed by atoms with Crippen LogP contribution >= 0.6 is 15.9 Å². The summed E-state index contributed by atoms with van der Waals surface area (Å²) in [5.74, 6) is 0.433. The first-order valence-corrected chi connectivity index (χ1v) is 12.5. The van der Waals surface area contributed by atoms with E-state index in [4.69, 9.17) is 4.98 Å². The van der Waals surface area contributed by atoms with E-state index in [0.717, 1.165) is 39.2 Å². The van der Waals surface area contributed by atoms with Crippen molar-refractivity contribution in [3.8, 4) is 5.69 Å². The number of anilines is 1. The van der Waals surface area contributed by atoms with Crippen molar-refractivity contribution < 1.29 is 18.0 Å². The maximum atomic E-state index is 13.0. The fourth-order valence-electron chi connectivity index (χ4n) is 4.63. The molecule has 4 aromatic rings. The van der Waals surface area contributed by atoms with Gasteiger partial charge in [0.25, 0.3) is 0 Å². The van der Waals surface area contributed by atoms with E-state index in [-0.39, 0.29) is 17.5 Å². The largest absolute Gasteiger partial charge is 0.416 e. The van der Waals surface area contributed by atoms with Crippen LogP contribution in [-0.4, -0.2) is 33.4 Å². The lowest BCUT2D eigenvalue weighted by Gasteiger charge is -2.31. The van der Waals surface area contributed by atoms with Gasteiger partial charge in [-0.2, -0.15) is 13.2 Å². The molecule has 1 fully saturated rings. The van der Waals surface area contributed by atoms with Gasteiger partial charge in [-0.1, -0.05) is 34.1 Å². The number of piperidine rings is 1. The van der Waals surface area contributed by atoms with Crippen molar-refractivity contribution in [1.82, 2.24) is 14.5 Å². The van der Waals surface area contributed by atoms with Crippen molar-refractivity contribution in [2.45, 2.75) is 25.6 Å². The molecule has 1 N–H and O–H groups in total. The molecule has 1 aliphatic rings. The van der Waals surface area contributed by atoms with Crippen LogP contribution in [0.15, 0.2) is 77.3 Å². The summed E-state index contributed by atoms with van der Waals surface area (Å²) in [6.45, 7) is 2.03. The Morgan fingerprint density at radius 3 is 2.44 bits per heavy atom. The molecule has 3 aromatic carbocycles. The van der Waals surface area contributed by atoms with E-state index in [2.05, 4.69) is 36.8 Å².